The Hall–Kier alpha value is -1.76. The fourth-order valence-corrected chi connectivity index (χ4v) is 3.15. The van der Waals surface area contributed by atoms with Crippen molar-refractivity contribution < 1.29 is 0 Å². The van der Waals surface area contributed by atoms with E-state index in [4.69, 9.17) is 17.3 Å². The highest BCUT2D eigenvalue weighted by molar-refractivity contribution is 7.13. The zero-order chi connectivity index (χ0) is 16.6. The third-order valence-electron chi connectivity index (χ3n) is 3.83. The highest BCUT2D eigenvalue weighted by Crippen LogP contribution is 2.28. The van der Waals surface area contributed by atoms with Crippen LogP contribution in [0.5, 0.6) is 0 Å². The van der Waals surface area contributed by atoms with Crippen molar-refractivity contribution in [3.05, 3.63) is 46.0 Å². The number of nitrogens with two attached hydrogens (primary N) is 1. The third kappa shape index (κ3) is 3.15. The summed E-state index contributed by atoms with van der Waals surface area (Å²) < 4.78 is 6.52. The summed E-state index contributed by atoms with van der Waals surface area (Å²) in [7, 11) is 0. The molecule has 2 aromatic heterocycles. The van der Waals surface area contributed by atoms with Crippen molar-refractivity contribution >= 4 is 33.4 Å². The molecule has 2 heterocycles. The smallest absolute Gasteiger partial charge is 0.272 e. The maximum Gasteiger partial charge on any atom is 0.272 e. The molecule has 0 radical (unpaired) electrons. The molecule has 0 saturated carbocycles. The molecule has 0 fully saturated rings. The van der Waals surface area contributed by atoms with Crippen LogP contribution in [0.15, 0.2) is 35.4 Å². The largest absolute Gasteiger partial charge is 0.326 e. The first kappa shape index (κ1) is 16.1. The summed E-state index contributed by atoms with van der Waals surface area (Å²) in [6.45, 7) is 4.52. The van der Waals surface area contributed by atoms with E-state index in [2.05, 4.69) is 9.36 Å². The second-order valence-electron chi connectivity index (χ2n) is 5.83. The average molecular weight is 349 g/mol. The van der Waals surface area contributed by atoms with Gasteiger partial charge < -0.3 is 5.73 Å². The van der Waals surface area contributed by atoms with Gasteiger partial charge in [-0.05, 0) is 29.6 Å². The minimum atomic E-state index is -0.0937. The first-order valence-electron chi connectivity index (χ1n) is 7.33. The maximum atomic E-state index is 12.6. The molecular formula is C16H17ClN4OS. The molecule has 0 saturated heterocycles. The lowest BCUT2D eigenvalue weighted by molar-refractivity contribution is 0.427. The lowest BCUT2D eigenvalue weighted by atomic mass is 10.1. The zero-order valence-electron chi connectivity index (χ0n) is 12.9. The molecule has 3 aromatic rings. The Bertz CT molecular complexity index is 885. The van der Waals surface area contributed by atoms with Gasteiger partial charge in [0.25, 0.3) is 5.56 Å². The summed E-state index contributed by atoms with van der Waals surface area (Å²) in [5.41, 5.74) is 8.19. The number of fused-ring (bicyclic) bond motifs is 1. The molecule has 3 rings (SSSR count). The van der Waals surface area contributed by atoms with Gasteiger partial charge in [0.2, 0.25) is 0 Å². The molecule has 1 atom stereocenters. The number of hydrogen-bond donors (Lipinski definition) is 1. The fourth-order valence-electron chi connectivity index (χ4n) is 2.22. The van der Waals surface area contributed by atoms with E-state index in [1.165, 1.54) is 11.5 Å². The number of nitrogens with zero attached hydrogens (tertiary/aromatic N) is 3. The van der Waals surface area contributed by atoms with Crippen LogP contribution in [0.1, 0.15) is 13.8 Å². The van der Waals surface area contributed by atoms with E-state index in [0.29, 0.717) is 33.4 Å². The van der Waals surface area contributed by atoms with E-state index in [1.54, 1.807) is 23.0 Å². The van der Waals surface area contributed by atoms with E-state index in [-0.39, 0.29) is 11.6 Å². The molecule has 1 unspecified atom stereocenters. The molecule has 0 aliphatic heterocycles. The Kier molecular flexibility index (Phi) is 4.48. The van der Waals surface area contributed by atoms with Crippen LogP contribution >= 0.6 is 23.1 Å². The van der Waals surface area contributed by atoms with E-state index < -0.39 is 0 Å². The van der Waals surface area contributed by atoms with Gasteiger partial charge in [-0.1, -0.05) is 37.6 Å². The third-order valence-corrected chi connectivity index (χ3v) is 4.91. The predicted molar refractivity (Wildman–Crippen MR) is 94.9 cm³/mol. The van der Waals surface area contributed by atoms with Crippen molar-refractivity contribution in [3.8, 4) is 11.3 Å². The van der Waals surface area contributed by atoms with E-state index in [1.807, 2.05) is 26.0 Å². The minimum Gasteiger partial charge on any atom is -0.326 e. The topological polar surface area (TPSA) is 73.8 Å². The molecule has 0 aliphatic rings. The van der Waals surface area contributed by atoms with Crippen molar-refractivity contribution in [2.75, 3.05) is 0 Å². The maximum absolute atomic E-state index is 12.6. The molecular weight excluding hydrogens is 332 g/mol. The first-order chi connectivity index (χ1) is 11.0. The van der Waals surface area contributed by atoms with Crippen LogP contribution in [0, 0.1) is 5.92 Å². The number of halogens is 1. The van der Waals surface area contributed by atoms with Gasteiger partial charge >= 0.3 is 0 Å². The average Bonchev–Trinajstić information content (AvgIpc) is 2.95. The molecule has 5 nitrogen and oxygen atoms in total. The first-order valence-corrected chi connectivity index (χ1v) is 8.49. The van der Waals surface area contributed by atoms with Crippen molar-refractivity contribution in [1.29, 1.82) is 0 Å². The van der Waals surface area contributed by atoms with Gasteiger partial charge in [0.1, 0.15) is 15.9 Å². The normalized spacial score (nSPS) is 12.9. The summed E-state index contributed by atoms with van der Waals surface area (Å²) in [5.74, 6) is 0.295. The Morgan fingerprint density at radius 1 is 1.30 bits per heavy atom. The number of aromatic nitrogens is 3. The molecule has 0 bridgehead atoms. The van der Waals surface area contributed by atoms with Crippen LogP contribution in [0.2, 0.25) is 5.02 Å². The van der Waals surface area contributed by atoms with Crippen LogP contribution < -0.4 is 11.3 Å². The van der Waals surface area contributed by atoms with Crippen molar-refractivity contribution in [2.45, 2.75) is 26.4 Å². The van der Waals surface area contributed by atoms with Gasteiger partial charge in [-0.15, -0.1) is 0 Å². The number of benzene rings is 1. The summed E-state index contributed by atoms with van der Waals surface area (Å²) in [6, 6.07) is 7.25. The van der Waals surface area contributed by atoms with E-state index in [9.17, 15) is 4.79 Å². The quantitative estimate of drug-likeness (QED) is 0.786. The number of rotatable bonds is 4. The summed E-state index contributed by atoms with van der Waals surface area (Å²) in [6.07, 6.45) is 1.56. The van der Waals surface area contributed by atoms with Crippen LogP contribution in [-0.4, -0.2) is 20.0 Å². The van der Waals surface area contributed by atoms with Gasteiger partial charge in [0.05, 0.1) is 6.33 Å². The molecule has 0 spiro atoms. The zero-order valence-corrected chi connectivity index (χ0v) is 14.4. The SMILES string of the molecule is CC(C)C(N)Cn1cnc2c(-c3ccc(Cl)cc3)nsc2c1=O. The van der Waals surface area contributed by atoms with Gasteiger partial charge in [-0.2, -0.15) is 4.37 Å². The lowest BCUT2D eigenvalue weighted by Gasteiger charge is -2.16. The summed E-state index contributed by atoms with van der Waals surface area (Å²) in [5, 5.41) is 0.659. The van der Waals surface area contributed by atoms with Crippen LogP contribution in [0.4, 0.5) is 0 Å². The molecule has 1 aromatic carbocycles. The van der Waals surface area contributed by atoms with Crippen molar-refractivity contribution in [2.24, 2.45) is 11.7 Å². The van der Waals surface area contributed by atoms with Crippen molar-refractivity contribution in [1.82, 2.24) is 13.9 Å². The summed E-state index contributed by atoms with van der Waals surface area (Å²) >= 11 is 7.08. The van der Waals surface area contributed by atoms with Crippen molar-refractivity contribution in [3.63, 3.8) is 0 Å². The molecule has 23 heavy (non-hydrogen) atoms. The molecule has 120 valence electrons. The van der Waals surface area contributed by atoms with E-state index >= 15 is 0 Å². The van der Waals surface area contributed by atoms with Crippen LogP contribution in [0.3, 0.4) is 0 Å². The molecule has 0 amide bonds. The van der Waals surface area contributed by atoms with Gasteiger partial charge in [-0.3, -0.25) is 9.36 Å². The Labute approximate surface area is 142 Å². The Morgan fingerprint density at radius 2 is 2.00 bits per heavy atom. The monoisotopic (exact) mass is 348 g/mol. The fraction of sp³-hybridized carbons (Fsp3) is 0.312. The van der Waals surface area contributed by atoms with Crippen LogP contribution in [-0.2, 0) is 6.54 Å². The van der Waals surface area contributed by atoms with Gasteiger partial charge in [-0.25, -0.2) is 4.98 Å². The van der Waals surface area contributed by atoms with Gasteiger partial charge in [0.15, 0.2) is 0 Å². The number of hydrogen-bond acceptors (Lipinski definition) is 5. The second-order valence-corrected chi connectivity index (χ2v) is 7.04. The molecule has 0 aliphatic carbocycles. The Morgan fingerprint density at radius 3 is 2.65 bits per heavy atom. The molecule has 2 N–H and O–H groups in total. The standard InChI is InChI=1S/C16H17ClN4OS/c1-9(2)12(18)7-21-8-19-14-13(20-23-15(14)16(21)22)10-3-5-11(17)6-4-10/h3-6,8-9,12H,7,18H2,1-2H3. The lowest BCUT2D eigenvalue weighted by Crippen LogP contribution is -2.35. The highest BCUT2D eigenvalue weighted by atomic mass is 35.5. The second kappa shape index (κ2) is 6.39. The predicted octanol–water partition coefficient (Wildman–Crippen LogP) is 3.16. The minimum absolute atomic E-state index is 0.0874. The van der Waals surface area contributed by atoms with Crippen LogP contribution in [0.25, 0.3) is 21.5 Å². The molecule has 7 heteroatoms. The van der Waals surface area contributed by atoms with Gasteiger partial charge in [0, 0.05) is 23.2 Å². The summed E-state index contributed by atoms with van der Waals surface area (Å²) in [4.78, 5) is 17.0. The Balaban J connectivity index is 2.04. The highest BCUT2D eigenvalue weighted by Gasteiger charge is 2.16. The van der Waals surface area contributed by atoms with E-state index in [0.717, 1.165) is 5.56 Å².